The molecule has 1 unspecified atom stereocenters. The van der Waals surface area contributed by atoms with Crippen LogP contribution < -0.4 is 5.32 Å². The summed E-state index contributed by atoms with van der Waals surface area (Å²) in [5, 5.41) is 2.98. The zero-order valence-electron chi connectivity index (χ0n) is 10.0. The second-order valence-corrected chi connectivity index (χ2v) is 5.48. The number of anilines is 1. The van der Waals surface area contributed by atoms with E-state index >= 15 is 0 Å². The van der Waals surface area contributed by atoms with Crippen molar-refractivity contribution < 1.29 is 13.2 Å². The number of halogens is 4. The van der Waals surface area contributed by atoms with E-state index in [2.05, 4.69) is 10.3 Å². The summed E-state index contributed by atoms with van der Waals surface area (Å²) < 4.78 is 37.2. The van der Waals surface area contributed by atoms with Crippen molar-refractivity contribution in [3.8, 4) is 0 Å². The molecule has 18 heavy (non-hydrogen) atoms. The van der Waals surface area contributed by atoms with E-state index in [4.69, 9.17) is 11.6 Å². The van der Waals surface area contributed by atoms with E-state index in [9.17, 15) is 13.2 Å². The van der Waals surface area contributed by atoms with Crippen molar-refractivity contribution in [1.29, 1.82) is 0 Å². The first-order valence-corrected chi connectivity index (χ1v) is 6.95. The van der Waals surface area contributed by atoms with Crippen molar-refractivity contribution in [2.24, 2.45) is 0 Å². The van der Waals surface area contributed by atoms with Crippen molar-refractivity contribution in [2.75, 3.05) is 16.8 Å². The van der Waals surface area contributed by atoms with E-state index in [1.54, 1.807) is 11.8 Å². The largest absolute Gasteiger partial charge is 0.417 e. The molecule has 1 aromatic rings. The van der Waals surface area contributed by atoms with Crippen LogP contribution in [0.4, 0.5) is 19.0 Å². The minimum absolute atomic E-state index is 0.0156. The summed E-state index contributed by atoms with van der Waals surface area (Å²) in [6.45, 7) is 3.97. The van der Waals surface area contributed by atoms with E-state index in [0.717, 1.165) is 23.8 Å². The molecule has 0 amide bonds. The standard InChI is InChI=1S/C11H14ClF3N2S/c1-3-18-6-7(2)17-10-9(12)4-8(5-16-10)11(13,14)15/h4-5,7H,3,6H2,1-2H3,(H,16,17). The van der Waals surface area contributed by atoms with Gasteiger partial charge < -0.3 is 5.32 Å². The first-order valence-electron chi connectivity index (χ1n) is 5.41. The topological polar surface area (TPSA) is 24.9 Å². The van der Waals surface area contributed by atoms with Crippen LogP contribution in [0.2, 0.25) is 5.02 Å². The summed E-state index contributed by atoms with van der Waals surface area (Å²) in [4.78, 5) is 3.72. The van der Waals surface area contributed by atoms with Gasteiger partial charge in [0.1, 0.15) is 5.82 Å². The predicted molar refractivity (Wildman–Crippen MR) is 70.3 cm³/mol. The molecule has 102 valence electrons. The molecule has 0 spiro atoms. The molecule has 0 saturated carbocycles. The van der Waals surface area contributed by atoms with E-state index < -0.39 is 11.7 Å². The van der Waals surface area contributed by atoms with Crippen LogP contribution in [-0.4, -0.2) is 22.5 Å². The smallest absolute Gasteiger partial charge is 0.366 e. The van der Waals surface area contributed by atoms with Gasteiger partial charge in [0.2, 0.25) is 0 Å². The van der Waals surface area contributed by atoms with Crippen LogP contribution in [0.25, 0.3) is 0 Å². The lowest BCUT2D eigenvalue weighted by atomic mass is 10.2. The summed E-state index contributed by atoms with van der Waals surface area (Å²) in [6, 6.07) is 0.980. The Bertz CT molecular complexity index is 398. The summed E-state index contributed by atoms with van der Waals surface area (Å²) in [5.41, 5.74) is -0.839. The lowest BCUT2D eigenvalue weighted by molar-refractivity contribution is -0.137. The predicted octanol–water partition coefficient (Wildman–Crippen LogP) is 4.31. The van der Waals surface area contributed by atoms with Crippen LogP contribution in [0.5, 0.6) is 0 Å². The van der Waals surface area contributed by atoms with Gasteiger partial charge in [-0.3, -0.25) is 0 Å². The Morgan fingerprint density at radius 3 is 2.67 bits per heavy atom. The van der Waals surface area contributed by atoms with Crippen LogP contribution >= 0.6 is 23.4 Å². The Balaban J connectivity index is 2.74. The van der Waals surface area contributed by atoms with Crippen LogP contribution in [0.3, 0.4) is 0 Å². The fraction of sp³-hybridized carbons (Fsp3) is 0.545. The molecule has 1 rings (SSSR count). The molecular formula is C11H14ClF3N2S. The number of hydrogen-bond acceptors (Lipinski definition) is 3. The van der Waals surface area contributed by atoms with Crippen LogP contribution in [0.1, 0.15) is 19.4 Å². The third kappa shape index (κ3) is 4.57. The molecule has 0 bridgehead atoms. The maximum absolute atomic E-state index is 12.4. The van der Waals surface area contributed by atoms with Gasteiger partial charge in [-0.25, -0.2) is 4.98 Å². The molecule has 1 atom stereocenters. The van der Waals surface area contributed by atoms with E-state index in [1.165, 1.54) is 0 Å². The van der Waals surface area contributed by atoms with Gasteiger partial charge in [0.15, 0.2) is 0 Å². The Hall–Kier alpha value is -0.620. The zero-order chi connectivity index (χ0) is 13.8. The van der Waals surface area contributed by atoms with Crippen molar-refractivity contribution in [3.63, 3.8) is 0 Å². The minimum atomic E-state index is -4.42. The maximum Gasteiger partial charge on any atom is 0.417 e. The lowest BCUT2D eigenvalue weighted by Gasteiger charge is -2.15. The highest BCUT2D eigenvalue weighted by molar-refractivity contribution is 7.99. The highest BCUT2D eigenvalue weighted by Crippen LogP contribution is 2.32. The molecule has 1 aromatic heterocycles. The first kappa shape index (κ1) is 15.4. The second kappa shape index (κ2) is 6.52. The average molecular weight is 299 g/mol. The number of hydrogen-bond donors (Lipinski definition) is 1. The Morgan fingerprint density at radius 2 is 2.17 bits per heavy atom. The molecule has 0 aliphatic carbocycles. The van der Waals surface area contributed by atoms with Crippen LogP contribution in [0, 0.1) is 0 Å². The number of aromatic nitrogens is 1. The van der Waals surface area contributed by atoms with Gasteiger partial charge in [0, 0.05) is 18.0 Å². The van der Waals surface area contributed by atoms with Gasteiger partial charge in [-0.15, -0.1) is 0 Å². The van der Waals surface area contributed by atoms with Crippen LogP contribution in [-0.2, 0) is 6.18 Å². The third-order valence-electron chi connectivity index (χ3n) is 2.12. The fourth-order valence-electron chi connectivity index (χ4n) is 1.27. The maximum atomic E-state index is 12.4. The second-order valence-electron chi connectivity index (χ2n) is 3.76. The molecule has 1 N–H and O–H groups in total. The Labute approximate surface area is 113 Å². The SMILES string of the molecule is CCSCC(C)Nc1ncc(C(F)(F)F)cc1Cl. The summed E-state index contributed by atoms with van der Waals surface area (Å²) in [6.07, 6.45) is -3.63. The quantitative estimate of drug-likeness (QED) is 0.877. The Morgan fingerprint density at radius 1 is 1.50 bits per heavy atom. The number of rotatable bonds is 5. The van der Waals surface area contributed by atoms with E-state index in [-0.39, 0.29) is 16.9 Å². The first-order chi connectivity index (χ1) is 8.34. The Kier molecular flexibility index (Phi) is 5.59. The summed E-state index contributed by atoms with van der Waals surface area (Å²) in [5.74, 6) is 2.12. The number of nitrogens with zero attached hydrogens (tertiary/aromatic N) is 1. The number of nitrogens with one attached hydrogen (secondary N) is 1. The molecular weight excluding hydrogens is 285 g/mol. The van der Waals surface area contributed by atoms with E-state index in [0.29, 0.717) is 0 Å². The molecule has 0 fully saturated rings. The van der Waals surface area contributed by atoms with Gasteiger partial charge in [-0.05, 0) is 18.7 Å². The molecule has 0 radical (unpaired) electrons. The summed E-state index contributed by atoms with van der Waals surface area (Å²) >= 11 is 7.52. The molecule has 0 saturated heterocycles. The van der Waals surface area contributed by atoms with Gasteiger partial charge in [-0.2, -0.15) is 24.9 Å². The molecule has 1 heterocycles. The number of pyridine rings is 1. The fourth-order valence-corrected chi connectivity index (χ4v) is 2.16. The van der Waals surface area contributed by atoms with Crippen molar-refractivity contribution >= 4 is 29.2 Å². The van der Waals surface area contributed by atoms with E-state index in [1.807, 2.05) is 13.8 Å². The number of alkyl halides is 3. The third-order valence-corrected chi connectivity index (χ3v) is 3.56. The van der Waals surface area contributed by atoms with Gasteiger partial charge >= 0.3 is 6.18 Å². The normalized spacial score (nSPS) is 13.4. The zero-order valence-corrected chi connectivity index (χ0v) is 11.6. The highest BCUT2D eigenvalue weighted by atomic mass is 35.5. The number of thioether (sulfide) groups is 1. The minimum Gasteiger partial charge on any atom is -0.366 e. The van der Waals surface area contributed by atoms with Gasteiger partial charge in [0.05, 0.1) is 10.6 Å². The molecule has 0 aliphatic rings. The highest BCUT2D eigenvalue weighted by Gasteiger charge is 2.31. The van der Waals surface area contributed by atoms with Gasteiger partial charge in [-0.1, -0.05) is 18.5 Å². The molecule has 2 nitrogen and oxygen atoms in total. The average Bonchev–Trinajstić information content (AvgIpc) is 2.27. The summed E-state index contributed by atoms with van der Waals surface area (Å²) in [7, 11) is 0. The monoisotopic (exact) mass is 298 g/mol. The van der Waals surface area contributed by atoms with Crippen molar-refractivity contribution in [3.05, 3.63) is 22.8 Å². The molecule has 0 aliphatic heterocycles. The van der Waals surface area contributed by atoms with Crippen molar-refractivity contribution in [2.45, 2.75) is 26.1 Å². The molecule has 0 aromatic carbocycles. The van der Waals surface area contributed by atoms with Gasteiger partial charge in [0.25, 0.3) is 0 Å². The van der Waals surface area contributed by atoms with Crippen LogP contribution in [0.15, 0.2) is 12.3 Å². The molecule has 7 heteroatoms. The lowest BCUT2D eigenvalue weighted by Crippen LogP contribution is -2.19. The van der Waals surface area contributed by atoms with Crippen molar-refractivity contribution in [1.82, 2.24) is 4.98 Å².